The molecular weight excluding hydrogens is 268 g/mol. The van der Waals surface area contributed by atoms with Gasteiger partial charge in [-0.3, -0.25) is 4.68 Å². The second-order valence-electron chi connectivity index (χ2n) is 3.84. The first-order valence-electron chi connectivity index (χ1n) is 5.01. The first-order chi connectivity index (χ1) is 7.58. The van der Waals surface area contributed by atoms with Gasteiger partial charge in [-0.2, -0.15) is 5.10 Å². The number of nitrogens with zero attached hydrogens (tertiary/aromatic N) is 2. The van der Waals surface area contributed by atoms with Crippen LogP contribution in [0.5, 0.6) is 0 Å². The van der Waals surface area contributed by atoms with Crippen LogP contribution >= 0.6 is 15.9 Å². The quantitative estimate of drug-likeness (QED) is 0.918. The van der Waals surface area contributed by atoms with E-state index in [-0.39, 0.29) is 0 Å². The van der Waals surface area contributed by atoms with E-state index in [1.54, 1.807) is 4.68 Å². The van der Waals surface area contributed by atoms with E-state index in [0.29, 0.717) is 5.69 Å². The molecule has 16 heavy (non-hydrogen) atoms. The minimum Gasteiger partial charge on any atom is -0.382 e. The molecule has 4 heteroatoms. The van der Waals surface area contributed by atoms with Gasteiger partial charge in [0.05, 0.1) is 5.69 Å². The normalized spacial score (nSPS) is 12.8. The van der Waals surface area contributed by atoms with E-state index in [1.165, 1.54) is 0 Å². The summed E-state index contributed by atoms with van der Waals surface area (Å²) >= 11 is 3.46. The van der Waals surface area contributed by atoms with E-state index in [1.807, 2.05) is 44.4 Å². The van der Waals surface area contributed by atoms with Crippen molar-refractivity contribution in [2.24, 2.45) is 7.05 Å². The molecule has 1 aromatic carbocycles. The van der Waals surface area contributed by atoms with Crippen LogP contribution in [0.2, 0.25) is 0 Å². The summed E-state index contributed by atoms with van der Waals surface area (Å²) in [6, 6.07) is 7.70. The van der Waals surface area contributed by atoms with E-state index in [9.17, 15) is 5.11 Å². The molecule has 1 unspecified atom stereocenters. The number of hydrogen-bond acceptors (Lipinski definition) is 2. The van der Waals surface area contributed by atoms with Gasteiger partial charge in [0.1, 0.15) is 6.10 Å². The number of hydrogen-bond donors (Lipinski definition) is 1. The van der Waals surface area contributed by atoms with Crippen molar-refractivity contribution in [3.63, 3.8) is 0 Å². The number of aliphatic hydroxyl groups is 1. The van der Waals surface area contributed by atoms with E-state index in [2.05, 4.69) is 21.0 Å². The second kappa shape index (κ2) is 4.39. The van der Waals surface area contributed by atoms with Crippen molar-refractivity contribution in [2.45, 2.75) is 13.0 Å². The molecule has 0 fully saturated rings. The van der Waals surface area contributed by atoms with E-state index < -0.39 is 6.10 Å². The fourth-order valence-electron chi connectivity index (χ4n) is 1.59. The Labute approximate surface area is 103 Å². The molecule has 0 radical (unpaired) electrons. The molecule has 3 nitrogen and oxygen atoms in total. The fourth-order valence-corrected chi connectivity index (χ4v) is 2.30. The first kappa shape index (κ1) is 11.4. The zero-order valence-corrected chi connectivity index (χ0v) is 10.8. The van der Waals surface area contributed by atoms with Crippen LogP contribution in [0, 0.1) is 6.92 Å². The van der Waals surface area contributed by atoms with Crippen molar-refractivity contribution in [3.05, 3.63) is 51.8 Å². The monoisotopic (exact) mass is 280 g/mol. The highest BCUT2D eigenvalue weighted by atomic mass is 79.9. The van der Waals surface area contributed by atoms with Crippen LogP contribution < -0.4 is 0 Å². The van der Waals surface area contributed by atoms with Crippen molar-refractivity contribution in [1.82, 2.24) is 9.78 Å². The van der Waals surface area contributed by atoms with E-state index in [0.717, 1.165) is 15.6 Å². The van der Waals surface area contributed by atoms with Gasteiger partial charge in [-0.25, -0.2) is 0 Å². The summed E-state index contributed by atoms with van der Waals surface area (Å²) in [6.45, 7) is 2.02. The fraction of sp³-hybridized carbons (Fsp3) is 0.250. The Kier molecular flexibility index (Phi) is 3.12. The predicted molar refractivity (Wildman–Crippen MR) is 66.1 cm³/mol. The lowest BCUT2D eigenvalue weighted by atomic mass is 10.1. The molecule has 0 saturated heterocycles. The number of benzene rings is 1. The van der Waals surface area contributed by atoms with Gasteiger partial charge in [0.25, 0.3) is 0 Å². The summed E-state index contributed by atoms with van der Waals surface area (Å²) in [5.74, 6) is 0. The lowest BCUT2D eigenvalue weighted by molar-refractivity contribution is 0.213. The third-order valence-electron chi connectivity index (χ3n) is 2.46. The standard InChI is InChI=1S/C12H13BrN2O/c1-8-3-4-9(10(13)7-8)12(16)11-5-6-15(2)14-11/h3-7,12,16H,1-2H3. The van der Waals surface area contributed by atoms with Crippen LogP contribution in [0.25, 0.3) is 0 Å². The third kappa shape index (κ3) is 2.18. The molecule has 0 spiro atoms. The Morgan fingerprint density at radius 2 is 2.12 bits per heavy atom. The Morgan fingerprint density at radius 1 is 1.38 bits per heavy atom. The molecule has 0 amide bonds. The van der Waals surface area contributed by atoms with Crippen LogP contribution in [0.4, 0.5) is 0 Å². The Hall–Kier alpha value is -1.13. The molecule has 84 valence electrons. The maximum Gasteiger partial charge on any atom is 0.124 e. The van der Waals surface area contributed by atoms with Crippen molar-refractivity contribution in [2.75, 3.05) is 0 Å². The smallest absolute Gasteiger partial charge is 0.124 e. The molecule has 2 aromatic rings. The van der Waals surface area contributed by atoms with E-state index >= 15 is 0 Å². The largest absolute Gasteiger partial charge is 0.382 e. The van der Waals surface area contributed by atoms with Crippen LogP contribution in [0.1, 0.15) is 22.9 Å². The van der Waals surface area contributed by atoms with Gasteiger partial charge in [0, 0.05) is 23.3 Å². The van der Waals surface area contributed by atoms with E-state index in [4.69, 9.17) is 0 Å². The minimum absolute atomic E-state index is 0.659. The van der Waals surface area contributed by atoms with Crippen molar-refractivity contribution in [3.8, 4) is 0 Å². The maximum atomic E-state index is 10.2. The Bertz CT molecular complexity index is 507. The second-order valence-corrected chi connectivity index (χ2v) is 4.70. The Balaban J connectivity index is 2.37. The zero-order chi connectivity index (χ0) is 11.7. The molecule has 1 atom stereocenters. The average Bonchev–Trinajstić information content (AvgIpc) is 2.64. The van der Waals surface area contributed by atoms with Crippen LogP contribution in [-0.2, 0) is 7.05 Å². The molecule has 1 N–H and O–H groups in total. The highest BCUT2D eigenvalue weighted by Crippen LogP contribution is 2.28. The van der Waals surface area contributed by atoms with Gasteiger partial charge in [-0.05, 0) is 24.6 Å². The summed E-state index contributed by atoms with van der Waals surface area (Å²) in [5.41, 5.74) is 2.65. The molecule has 0 aliphatic heterocycles. The number of halogens is 1. The first-order valence-corrected chi connectivity index (χ1v) is 5.81. The Morgan fingerprint density at radius 3 is 2.69 bits per heavy atom. The molecule has 2 rings (SSSR count). The predicted octanol–water partition coefficient (Wildman–Crippen LogP) is 2.57. The minimum atomic E-state index is -0.684. The number of rotatable bonds is 2. The topological polar surface area (TPSA) is 38.0 Å². The average molecular weight is 281 g/mol. The summed E-state index contributed by atoms with van der Waals surface area (Å²) in [7, 11) is 1.83. The maximum absolute atomic E-state index is 10.2. The summed E-state index contributed by atoms with van der Waals surface area (Å²) < 4.78 is 2.59. The number of aromatic nitrogens is 2. The third-order valence-corrected chi connectivity index (χ3v) is 3.15. The van der Waals surface area contributed by atoms with Crippen molar-refractivity contribution < 1.29 is 5.11 Å². The van der Waals surface area contributed by atoms with Gasteiger partial charge in [-0.1, -0.05) is 28.1 Å². The number of aryl methyl sites for hydroxylation is 2. The van der Waals surface area contributed by atoms with Gasteiger partial charge < -0.3 is 5.11 Å². The molecule has 0 bridgehead atoms. The van der Waals surface area contributed by atoms with Crippen molar-refractivity contribution >= 4 is 15.9 Å². The van der Waals surface area contributed by atoms with Gasteiger partial charge in [-0.15, -0.1) is 0 Å². The molecule has 0 saturated carbocycles. The highest BCUT2D eigenvalue weighted by Gasteiger charge is 2.15. The molecule has 0 aliphatic rings. The summed E-state index contributed by atoms with van der Waals surface area (Å²) in [4.78, 5) is 0. The van der Waals surface area contributed by atoms with Crippen LogP contribution in [0.3, 0.4) is 0 Å². The lowest BCUT2D eigenvalue weighted by Crippen LogP contribution is -2.02. The summed E-state index contributed by atoms with van der Waals surface area (Å²) in [6.07, 6.45) is 1.14. The SMILES string of the molecule is Cc1ccc(C(O)c2ccn(C)n2)c(Br)c1. The van der Waals surface area contributed by atoms with Gasteiger partial charge in [0.2, 0.25) is 0 Å². The molecule has 1 aromatic heterocycles. The molecule has 0 aliphatic carbocycles. The van der Waals surface area contributed by atoms with Crippen LogP contribution in [-0.4, -0.2) is 14.9 Å². The lowest BCUT2D eigenvalue weighted by Gasteiger charge is -2.11. The molecule has 1 heterocycles. The van der Waals surface area contributed by atoms with Gasteiger partial charge in [0.15, 0.2) is 0 Å². The number of aliphatic hydroxyl groups excluding tert-OH is 1. The summed E-state index contributed by atoms with van der Waals surface area (Å²) in [5, 5.41) is 14.4. The van der Waals surface area contributed by atoms with Gasteiger partial charge >= 0.3 is 0 Å². The van der Waals surface area contributed by atoms with Crippen LogP contribution in [0.15, 0.2) is 34.9 Å². The zero-order valence-electron chi connectivity index (χ0n) is 9.18. The molecular formula is C12H13BrN2O. The van der Waals surface area contributed by atoms with Crippen molar-refractivity contribution in [1.29, 1.82) is 0 Å². The highest BCUT2D eigenvalue weighted by molar-refractivity contribution is 9.10.